The number of nitrogens with one attached hydrogen (secondary N) is 1. The molecule has 2 rings (SSSR count). The number of hydrogen-bond acceptors (Lipinski definition) is 3. The van der Waals surface area contributed by atoms with Gasteiger partial charge in [0.2, 0.25) is 0 Å². The summed E-state index contributed by atoms with van der Waals surface area (Å²) in [6, 6.07) is 7.96. The van der Waals surface area contributed by atoms with E-state index in [-0.39, 0.29) is 12.0 Å². The predicted molar refractivity (Wildman–Crippen MR) is 94.0 cm³/mol. The molecule has 1 unspecified atom stereocenters. The molecule has 128 valence electrons. The lowest BCUT2D eigenvalue weighted by Crippen LogP contribution is -2.46. The van der Waals surface area contributed by atoms with Crippen LogP contribution in [0.1, 0.15) is 56.8 Å². The first-order valence-corrected chi connectivity index (χ1v) is 8.94. The van der Waals surface area contributed by atoms with Gasteiger partial charge in [0.25, 0.3) is 5.91 Å². The number of nitrogens with zero attached hydrogens (tertiary/aromatic N) is 1. The molecule has 4 heteroatoms. The van der Waals surface area contributed by atoms with E-state index >= 15 is 0 Å². The van der Waals surface area contributed by atoms with E-state index in [1.54, 1.807) is 0 Å². The van der Waals surface area contributed by atoms with Crippen molar-refractivity contribution in [3.8, 4) is 5.75 Å². The quantitative estimate of drug-likeness (QED) is 0.837. The maximum absolute atomic E-state index is 12.9. The Labute approximate surface area is 140 Å². The average molecular weight is 318 g/mol. The number of ether oxygens (including phenoxy) is 1. The smallest absolute Gasteiger partial charge is 0.254 e. The summed E-state index contributed by atoms with van der Waals surface area (Å²) in [6.45, 7) is 9.11. The lowest BCUT2D eigenvalue weighted by Gasteiger charge is -2.34. The summed E-state index contributed by atoms with van der Waals surface area (Å²) < 4.78 is 5.79. The molecule has 1 fully saturated rings. The highest BCUT2D eigenvalue weighted by Gasteiger charge is 2.25. The monoisotopic (exact) mass is 318 g/mol. The van der Waals surface area contributed by atoms with Gasteiger partial charge in [-0.2, -0.15) is 0 Å². The summed E-state index contributed by atoms with van der Waals surface area (Å²) >= 11 is 0. The molecule has 1 N–H and O–H groups in total. The Morgan fingerprint density at radius 3 is 2.48 bits per heavy atom. The molecule has 4 nitrogen and oxygen atoms in total. The van der Waals surface area contributed by atoms with Crippen LogP contribution in [-0.4, -0.2) is 42.6 Å². The van der Waals surface area contributed by atoms with Crippen molar-refractivity contribution in [2.45, 2.75) is 58.6 Å². The molecule has 0 aromatic heterocycles. The van der Waals surface area contributed by atoms with Crippen LogP contribution in [0.3, 0.4) is 0 Å². The van der Waals surface area contributed by atoms with Crippen LogP contribution in [0.4, 0.5) is 0 Å². The summed E-state index contributed by atoms with van der Waals surface area (Å²) in [6.07, 6.45) is 4.25. The van der Waals surface area contributed by atoms with Crippen LogP contribution < -0.4 is 10.1 Å². The second kappa shape index (κ2) is 8.92. The topological polar surface area (TPSA) is 41.6 Å². The second-order valence-corrected chi connectivity index (χ2v) is 6.34. The number of carbonyl (C=O) groups excluding carboxylic acids is 1. The van der Waals surface area contributed by atoms with E-state index < -0.39 is 0 Å². The van der Waals surface area contributed by atoms with Gasteiger partial charge in [-0.15, -0.1) is 0 Å². The van der Waals surface area contributed by atoms with Crippen molar-refractivity contribution in [1.29, 1.82) is 0 Å². The molecule has 1 atom stereocenters. The van der Waals surface area contributed by atoms with Gasteiger partial charge in [0.05, 0.1) is 6.10 Å². The van der Waals surface area contributed by atoms with Crippen molar-refractivity contribution in [2.24, 2.45) is 0 Å². The van der Waals surface area contributed by atoms with Crippen molar-refractivity contribution in [3.05, 3.63) is 29.8 Å². The molecular formula is C19H30N2O2. The number of amides is 1. The maximum atomic E-state index is 12.9. The Balaban J connectivity index is 2.06. The zero-order chi connectivity index (χ0) is 16.7. The molecule has 1 aromatic rings. The Morgan fingerprint density at radius 1 is 1.26 bits per heavy atom. The Kier molecular flexibility index (Phi) is 6.90. The van der Waals surface area contributed by atoms with Gasteiger partial charge >= 0.3 is 0 Å². The lowest BCUT2D eigenvalue weighted by molar-refractivity contribution is 0.0642. The molecule has 1 aliphatic rings. The summed E-state index contributed by atoms with van der Waals surface area (Å²) in [4.78, 5) is 14.9. The Hall–Kier alpha value is -1.55. The van der Waals surface area contributed by atoms with E-state index in [0.29, 0.717) is 6.04 Å². The van der Waals surface area contributed by atoms with E-state index in [9.17, 15) is 4.79 Å². The summed E-state index contributed by atoms with van der Waals surface area (Å²) in [5.41, 5.74) is 0.758. The van der Waals surface area contributed by atoms with Gasteiger partial charge in [-0.05, 0) is 70.0 Å². The summed E-state index contributed by atoms with van der Waals surface area (Å²) in [5, 5.41) is 3.37. The summed E-state index contributed by atoms with van der Waals surface area (Å²) in [7, 11) is 0. The van der Waals surface area contributed by atoms with E-state index in [1.807, 2.05) is 24.3 Å². The summed E-state index contributed by atoms with van der Waals surface area (Å²) in [5.74, 6) is 0.980. The Morgan fingerprint density at radius 2 is 1.91 bits per heavy atom. The van der Waals surface area contributed by atoms with Crippen LogP contribution >= 0.6 is 0 Å². The molecule has 0 spiro atoms. The van der Waals surface area contributed by atoms with E-state index in [2.05, 4.69) is 31.0 Å². The molecule has 1 aliphatic heterocycles. The molecule has 0 radical (unpaired) electrons. The minimum Gasteiger partial charge on any atom is -0.491 e. The second-order valence-electron chi connectivity index (χ2n) is 6.34. The minimum atomic E-state index is 0.147. The van der Waals surface area contributed by atoms with E-state index in [4.69, 9.17) is 4.74 Å². The van der Waals surface area contributed by atoms with Gasteiger partial charge in [0.1, 0.15) is 5.75 Å². The first-order valence-electron chi connectivity index (χ1n) is 8.94. The van der Waals surface area contributed by atoms with Gasteiger partial charge in [-0.3, -0.25) is 4.79 Å². The van der Waals surface area contributed by atoms with Gasteiger partial charge < -0.3 is 15.0 Å². The fraction of sp³-hybridized carbons (Fsp3) is 0.632. The van der Waals surface area contributed by atoms with Crippen LogP contribution in [0, 0.1) is 0 Å². The van der Waals surface area contributed by atoms with Crippen molar-refractivity contribution in [1.82, 2.24) is 10.2 Å². The fourth-order valence-electron chi connectivity index (χ4n) is 2.97. The zero-order valence-electron chi connectivity index (χ0n) is 14.7. The lowest BCUT2D eigenvalue weighted by atomic mass is 10.0. The highest BCUT2D eigenvalue weighted by molar-refractivity contribution is 5.94. The van der Waals surface area contributed by atoms with Crippen LogP contribution in [0.25, 0.3) is 0 Å². The third kappa shape index (κ3) is 4.96. The van der Waals surface area contributed by atoms with Crippen molar-refractivity contribution >= 4 is 5.91 Å². The number of hydrogen-bond donors (Lipinski definition) is 1. The van der Waals surface area contributed by atoms with Crippen molar-refractivity contribution in [3.63, 3.8) is 0 Å². The number of carbonyl (C=O) groups is 1. The number of benzene rings is 1. The molecule has 1 amide bonds. The maximum Gasteiger partial charge on any atom is 0.254 e. The third-order valence-electron chi connectivity index (χ3n) is 4.49. The molecule has 1 aromatic carbocycles. The molecular weight excluding hydrogens is 288 g/mol. The normalized spacial score (nSPS) is 16.8. The molecule has 0 saturated carbocycles. The van der Waals surface area contributed by atoms with Gasteiger partial charge in [0.15, 0.2) is 0 Å². The van der Waals surface area contributed by atoms with Gasteiger partial charge in [0, 0.05) is 18.2 Å². The highest BCUT2D eigenvalue weighted by Crippen LogP contribution is 2.19. The predicted octanol–water partition coefficient (Wildman–Crippen LogP) is 3.47. The average Bonchev–Trinajstić information content (AvgIpc) is 2.60. The molecule has 0 aliphatic carbocycles. The standard InChI is InChI=1S/C19H30N2O2/c1-4-14-21(17-10-12-20-13-11-17)19(22)16-6-8-18(9-7-16)23-15(3)5-2/h6-9,15,17,20H,4-5,10-14H2,1-3H3. The van der Waals surface area contributed by atoms with Gasteiger partial charge in [-0.1, -0.05) is 13.8 Å². The number of piperidine rings is 1. The number of rotatable bonds is 7. The zero-order valence-corrected chi connectivity index (χ0v) is 14.7. The molecule has 1 saturated heterocycles. The van der Waals surface area contributed by atoms with Crippen molar-refractivity contribution < 1.29 is 9.53 Å². The first kappa shape index (κ1) is 17.8. The van der Waals surface area contributed by atoms with Gasteiger partial charge in [-0.25, -0.2) is 0 Å². The van der Waals surface area contributed by atoms with E-state index in [0.717, 1.165) is 56.6 Å². The molecule has 1 heterocycles. The van der Waals surface area contributed by atoms with Crippen LogP contribution in [0.15, 0.2) is 24.3 Å². The van der Waals surface area contributed by atoms with Crippen LogP contribution in [-0.2, 0) is 0 Å². The van der Waals surface area contributed by atoms with E-state index in [1.165, 1.54) is 0 Å². The fourth-order valence-corrected chi connectivity index (χ4v) is 2.97. The van der Waals surface area contributed by atoms with Crippen LogP contribution in [0.5, 0.6) is 5.75 Å². The largest absolute Gasteiger partial charge is 0.491 e. The first-order chi connectivity index (χ1) is 11.2. The molecule has 0 bridgehead atoms. The minimum absolute atomic E-state index is 0.147. The molecule has 23 heavy (non-hydrogen) atoms. The SMILES string of the molecule is CCCN(C(=O)c1ccc(OC(C)CC)cc1)C1CCNCC1. The van der Waals surface area contributed by atoms with Crippen LogP contribution in [0.2, 0.25) is 0 Å². The third-order valence-corrected chi connectivity index (χ3v) is 4.49. The Bertz CT molecular complexity index is 481. The van der Waals surface area contributed by atoms with Crippen molar-refractivity contribution in [2.75, 3.05) is 19.6 Å². The highest BCUT2D eigenvalue weighted by atomic mass is 16.5.